The van der Waals surface area contributed by atoms with Gasteiger partial charge in [-0.3, -0.25) is 9.59 Å². The Balaban J connectivity index is 1.62. The first-order valence-electron chi connectivity index (χ1n) is 8.16. The molecule has 0 spiro atoms. The van der Waals surface area contributed by atoms with E-state index in [9.17, 15) is 9.59 Å². The van der Waals surface area contributed by atoms with Crippen molar-refractivity contribution in [1.82, 2.24) is 9.78 Å². The van der Waals surface area contributed by atoms with Crippen LogP contribution < -0.4 is 5.32 Å². The highest BCUT2D eigenvalue weighted by atomic mass is 16.2. The molecule has 1 aromatic heterocycles. The molecular formula is C21H15N3O2. The van der Waals surface area contributed by atoms with E-state index in [1.165, 1.54) is 4.68 Å². The standard InChI is InChI=1S/C21H15N3O2/c25-20(15-7-3-1-4-8-15)23-18-11-12-19-17(13-18)14-22-24(19)21(26)16-9-5-2-6-10-16/h1-14H,(H,23,25). The highest BCUT2D eigenvalue weighted by Crippen LogP contribution is 2.20. The first-order chi connectivity index (χ1) is 12.7. The molecule has 0 aliphatic carbocycles. The summed E-state index contributed by atoms with van der Waals surface area (Å²) in [6.45, 7) is 0. The third-order valence-electron chi connectivity index (χ3n) is 4.07. The number of amides is 1. The van der Waals surface area contributed by atoms with E-state index in [-0.39, 0.29) is 11.8 Å². The maximum Gasteiger partial charge on any atom is 0.278 e. The first-order valence-corrected chi connectivity index (χ1v) is 8.16. The number of benzene rings is 3. The first kappa shape index (κ1) is 15.8. The van der Waals surface area contributed by atoms with E-state index in [1.807, 2.05) is 36.4 Å². The van der Waals surface area contributed by atoms with E-state index >= 15 is 0 Å². The van der Waals surface area contributed by atoms with Crippen molar-refractivity contribution in [3.8, 4) is 0 Å². The Morgan fingerprint density at radius 2 is 1.46 bits per heavy atom. The fraction of sp³-hybridized carbons (Fsp3) is 0. The lowest BCUT2D eigenvalue weighted by molar-refractivity contribution is 0.0949. The molecule has 0 saturated carbocycles. The van der Waals surface area contributed by atoms with Crippen LogP contribution in [0.15, 0.2) is 85.1 Å². The van der Waals surface area contributed by atoms with E-state index in [0.29, 0.717) is 22.3 Å². The number of carbonyl (C=O) groups is 2. The molecule has 1 amide bonds. The van der Waals surface area contributed by atoms with Crippen LogP contribution in [0.5, 0.6) is 0 Å². The number of anilines is 1. The van der Waals surface area contributed by atoms with Crippen LogP contribution in [-0.4, -0.2) is 21.6 Å². The predicted octanol–water partition coefficient (Wildman–Crippen LogP) is 3.98. The van der Waals surface area contributed by atoms with Gasteiger partial charge in [0.15, 0.2) is 0 Å². The number of carbonyl (C=O) groups excluding carboxylic acids is 2. The van der Waals surface area contributed by atoms with Gasteiger partial charge in [0.2, 0.25) is 0 Å². The maximum atomic E-state index is 12.6. The molecule has 0 unspecified atom stereocenters. The summed E-state index contributed by atoms with van der Waals surface area (Å²) in [6, 6.07) is 23.4. The zero-order valence-electron chi connectivity index (χ0n) is 13.8. The minimum Gasteiger partial charge on any atom is -0.322 e. The van der Waals surface area contributed by atoms with Gasteiger partial charge in [-0.15, -0.1) is 0 Å². The van der Waals surface area contributed by atoms with Gasteiger partial charge in [0, 0.05) is 22.2 Å². The number of hydrogen-bond donors (Lipinski definition) is 1. The van der Waals surface area contributed by atoms with Crippen LogP contribution >= 0.6 is 0 Å². The summed E-state index contributed by atoms with van der Waals surface area (Å²) in [7, 11) is 0. The summed E-state index contributed by atoms with van der Waals surface area (Å²) in [4.78, 5) is 24.9. The molecule has 0 radical (unpaired) electrons. The summed E-state index contributed by atoms with van der Waals surface area (Å²) in [6.07, 6.45) is 1.62. The monoisotopic (exact) mass is 341 g/mol. The van der Waals surface area contributed by atoms with Gasteiger partial charge in [-0.1, -0.05) is 36.4 Å². The SMILES string of the molecule is O=C(Nc1ccc2c(cnn2C(=O)c2ccccc2)c1)c1ccccc1. The van der Waals surface area contributed by atoms with Gasteiger partial charge in [0.25, 0.3) is 11.8 Å². The largest absolute Gasteiger partial charge is 0.322 e. The second kappa shape index (κ2) is 6.64. The van der Waals surface area contributed by atoms with E-state index < -0.39 is 0 Å². The molecule has 3 aromatic carbocycles. The Hall–Kier alpha value is -3.73. The van der Waals surface area contributed by atoms with Crippen LogP contribution in [-0.2, 0) is 0 Å². The normalized spacial score (nSPS) is 10.6. The second-order valence-corrected chi connectivity index (χ2v) is 5.82. The number of hydrogen-bond acceptors (Lipinski definition) is 3. The van der Waals surface area contributed by atoms with Gasteiger partial charge in [-0.2, -0.15) is 9.78 Å². The zero-order valence-corrected chi connectivity index (χ0v) is 13.8. The van der Waals surface area contributed by atoms with E-state index in [0.717, 1.165) is 5.39 Å². The lowest BCUT2D eigenvalue weighted by Crippen LogP contribution is -2.13. The van der Waals surface area contributed by atoms with Crippen LogP contribution in [0.2, 0.25) is 0 Å². The lowest BCUT2D eigenvalue weighted by Gasteiger charge is -2.06. The van der Waals surface area contributed by atoms with Gasteiger partial charge in [-0.25, -0.2) is 0 Å². The Kier molecular flexibility index (Phi) is 4.03. The van der Waals surface area contributed by atoms with Gasteiger partial charge in [-0.05, 0) is 42.5 Å². The molecule has 0 fully saturated rings. The maximum absolute atomic E-state index is 12.6. The molecule has 0 aliphatic heterocycles. The van der Waals surface area contributed by atoms with Crippen molar-refractivity contribution < 1.29 is 9.59 Å². The van der Waals surface area contributed by atoms with Gasteiger partial charge in [0.05, 0.1) is 11.7 Å². The van der Waals surface area contributed by atoms with Crippen molar-refractivity contribution in [2.75, 3.05) is 5.32 Å². The number of rotatable bonds is 3. The smallest absolute Gasteiger partial charge is 0.278 e. The molecule has 1 N–H and O–H groups in total. The molecule has 5 nitrogen and oxygen atoms in total. The summed E-state index contributed by atoms with van der Waals surface area (Å²) in [5.41, 5.74) is 2.50. The fourth-order valence-corrected chi connectivity index (χ4v) is 2.77. The van der Waals surface area contributed by atoms with Crippen molar-refractivity contribution in [2.45, 2.75) is 0 Å². The second-order valence-electron chi connectivity index (χ2n) is 5.82. The van der Waals surface area contributed by atoms with Crippen LogP contribution in [0, 0.1) is 0 Å². The minimum absolute atomic E-state index is 0.183. The topological polar surface area (TPSA) is 64.0 Å². The molecule has 26 heavy (non-hydrogen) atoms. The van der Waals surface area contributed by atoms with Crippen molar-refractivity contribution in [2.24, 2.45) is 0 Å². The fourth-order valence-electron chi connectivity index (χ4n) is 2.77. The third-order valence-corrected chi connectivity index (χ3v) is 4.07. The summed E-state index contributed by atoms with van der Waals surface area (Å²) >= 11 is 0. The Bertz CT molecular complexity index is 1090. The van der Waals surface area contributed by atoms with E-state index in [1.54, 1.807) is 48.7 Å². The Morgan fingerprint density at radius 3 is 2.15 bits per heavy atom. The summed E-state index contributed by atoms with van der Waals surface area (Å²) < 4.78 is 1.37. The summed E-state index contributed by atoms with van der Waals surface area (Å²) in [5.74, 6) is -0.376. The molecule has 5 heteroatoms. The Labute approximate surface area is 149 Å². The summed E-state index contributed by atoms with van der Waals surface area (Å²) in [5, 5.41) is 7.84. The Morgan fingerprint density at radius 1 is 0.808 bits per heavy atom. The van der Waals surface area contributed by atoms with Crippen molar-refractivity contribution in [3.63, 3.8) is 0 Å². The number of nitrogens with one attached hydrogen (secondary N) is 1. The highest BCUT2D eigenvalue weighted by molar-refractivity contribution is 6.06. The average molecular weight is 341 g/mol. The van der Waals surface area contributed by atoms with Gasteiger partial charge >= 0.3 is 0 Å². The van der Waals surface area contributed by atoms with Crippen molar-refractivity contribution >= 4 is 28.4 Å². The van der Waals surface area contributed by atoms with Crippen LogP contribution in [0.4, 0.5) is 5.69 Å². The van der Waals surface area contributed by atoms with Gasteiger partial charge < -0.3 is 5.32 Å². The number of fused-ring (bicyclic) bond motifs is 1. The molecule has 0 aliphatic rings. The molecule has 4 aromatic rings. The molecule has 0 atom stereocenters. The van der Waals surface area contributed by atoms with Crippen LogP contribution in [0.3, 0.4) is 0 Å². The average Bonchev–Trinajstić information content (AvgIpc) is 3.12. The molecule has 126 valence electrons. The lowest BCUT2D eigenvalue weighted by atomic mass is 10.2. The molecular weight excluding hydrogens is 326 g/mol. The van der Waals surface area contributed by atoms with Crippen molar-refractivity contribution in [1.29, 1.82) is 0 Å². The highest BCUT2D eigenvalue weighted by Gasteiger charge is 2.13. The minimum atomic E-state index is -0.193. The number of nitrogens with zero attached hydrogens (tertiary/aromatic N) is 2. The third kappa shape index (κ3) is 2.98. The molecule has 4 rings (SSSR count). The van der Waals surface area contributed by atoms with E-state index in [2.05, 4.69) is 10.4 Å². The molecule has 0 bridgehead atoms. The van der Waals surface area contributed by atoms with E-state index in [4.69, 9.17) is 0 Å². The predicted molar refractivity (Wildman–Crippen MR) is 100 cm³/mol. The number of aromatic nitrogens is 2. The quantitative estimate of drug-likeness (QED) is 0.613. The van der Waals surface area contributed by atoms with Crippen molar-refractivity contribution in [3.05, 3.63) is 96.2 Å². The van der Waals surface area contributed by atoms with Gasteiger partial charge in [0.1, 0.15) is 0 Å². The van der Waals surface area contributed by atoms with Crippen LogP contribution in [0.25, 0.3) is 10.9 Å². The zero-order chi connectivity index (χ0) is 17.9. The molecule has 1 heterocycles. The molecule has 0 saturated heterocycles. The van der Waals surface area contributed by atoms with Crippen LogP contribution in [0.1, 0.15) is 20.7 Å².